The Bertz CT molecular complexity index is 555. The maximum absolute atomic E-state index is 13.3. The van der Waals surface area contributed by atoms with E-state index in [1.807, 2.05) is 13.8 Å². The molecule has 0 radical (unpaired) electrons. The second-order valence-electron chi connectivity index (χ2n) is 4.52. The Morgan fingerprint density at radius 2 is 2.00 bits per heavy atom. The molecule has 0 amide bonds. The SMILES string of the molecule is CC(C)c1cn2cc(C(C)(F)F)cc(Br)c2n1. The van der Waals surface area contributed by atoms with Gasteiger partial charge in [-0.15, -0.1) is 0 Å². The zero-order valence-electron chi connectivity index (χ0n) is 9.84. The number of rotatable bonds is 2. The van der Waals surface area contributed by atoms with Crippen molar-refractivity contribution in [3.05, 3.63) is 34.2 Å². The predicted octanol–water partition coefficient (Wildman–Crippen LogP) is 4.33. The molecule has 0 spiro atoms. The number of halogens is 3. The van der Waals surface area contributed by atoms with Gasteiger partial charge in [-0.25, -0.2) is 13.8 Å². The molecule has 2 heterocycles. The second kappa shape index (κ2) is 4.05. The van der Waals surface area contributed by atoms with Crippen molar-refractivity contribution in [2.45, 2.75) is 32.6 Å². The first-order valence-corrected chi connectivity index (χ1v) is 6.15. The van der Waals surface area contributed by atoms with Gasteiger partial charge in [0, 0.05) is 24.9 Å². The molecule has 0 bridgehead atoms. The van der Waals surface area contributed by atoms with Crippen LogP contribution in [0.2, 0.25) is 0 Å². The summed E-state index contributed by atoms with van der Waals surface area (Å²) < 4.78 is 28.8. The van der Waals surface area contributed by atoms with Gasteiger partial charge in [0.05, 0.1) is 10.2 Å². The maximum atomic E-state index is 13.3. The zero-order chi connectivity index (χ0) is 12.8. The number of nitrogens with zero attached hydrogens (tertiary/aromatic N) is 2. The van der Waals surface area contributed by atoms with E-state index < -0.39 is 5.92 Å². The summed E-state index contributed by atoms with van der Waals surface area (Å²) >= 11 is 3.29. The molecule has 0 aliphatic heterocycles. The van der Waals surface area contributed by atoms with Crippen LogP contribution in [-0.2, 0) is 5.92 Å². The van der Waals surface area contributed by atoms with Crippen LogP contribution in [0.5, 0.6) is 0 Å². The smallest absolute Gasteiger partial charge is 0.271 e. The van der Waals surface area contributed by atoms with Crippen LogP contribution >= 0.6 is 15.9 Å². The molecule has 0 N–H and O–H groups in total. The van der Waals surface area contributed by atoms with Crippen LogP contribution in [0, 0.1) is 0 Å². The van der Waals surface area contributed by atoms with Crippen molar-refractivity contribution in [3.63, 3.8) is 0 Å². The Labute approximate surface area is 107 Å². The lowest BCUT2D eigenvalue weighted by molar-refractivity contribution is 0.0170. The molecular weight excluding hydrogens is 290 g/mol. The monoisotopic (exact) mass is 302 g/mol. The van der Waals surface area contributed by atoms with Gasteiger partial charge >= 0.3 is 0 Å². The molecule has 0 aliphatic carbocycles. The highest BCUT2D eigenvalue weighted by Crippen LogP contribution is 2.31. The molecule has 2 nitrogen and oxygen atoms in total. The molecule has 0 aliphatic rings. The molecule has 2 rings (SSSR count). The summed E-state index contributed by atoms with van der Waals surface area (Å²) in [7, 11) is 0. The van der Waals surface area contributed by atoms with Gasteiger partial charge < -0.3 is 4.40 Å². The Balaban J connectivity index is 2.65. The van der Waals surface area contributed by atoms with Crippen molar-refractivity contribution < 1.29 is 8.78 Å². The largest absolute Gasteiger partial charge is 0.305 e. The van der Waals surface area contributed by atoms with E-state index in [-0.39, 0.29) is 11.5 Å². The molecule has 0 atom stereocenters. The number of pyridine rings is 1. The normalized spacial score (nSPS) is 12.6. The number of alkyl halides is 2. The average molecular weight is 303 g/mol. The van der Waals surface area contributed by atoms with Gasteiger partial charge in [0.25, 0.3) is 5.92 Å². The van der Waals surface area contributed by atoms with E-state index in [4.69, 9.17) is 0 Å². The van der Waals surface area contributed by atoms with Gasteiger partial charge in [0.2, 0.25) is 0 Å². The van der Waals surface area contributed by atoms with Crippen molar-refractivity contribution >= 4 is 21.6 Å². The third-order valence-corrected chi connectivity index (χ3v) is 3.21. The van der Waals surface area contributed by atoms with E-state index in [2.05, 4.69) is 20.9 Å². The minimum atomic E-state index is -2.85. The van der Waals surface area contributed by atoms with Gasteiger partial charge in [0.15, 0.2) is 5.65 Å². The minimum Gasteiger partial charge on any atom is -0.305 e. The average Bonchev–Trinajstić information content (AvgIpc) is 2.60. The van der Waals surface area contributed by atoms with E-state index in [1.165, 1.54) is 12.3 Å². The number of imidazole rings is 1. The Hall–Kier alpha value is -0.970. The fourth-order valence-electron chi connectivity index (χ4n) is 1.59. The Morgan fingerprint density at radius 1 is 1.35 bits per heavy atom. The molecule has 0 fully saturated rings. The molecule has 17 heavy (non-hydrogen) atoms. The topological polar surface area (TPSA) is 17.3 Å². The molecule has 2 aromatic rings. The highest BCUT2D eigenvalue weighted by Gasteiger charge is 2.26. The molecule has 0 unspecified atom stereocenters. The highest BCUT2D eigenvalue weighted by atomic mass is 79.9. The van der Waals surface area contributed by atoms with E-state index >= 15 is 0 Å². The number of hydrogen-bond donors (Lipinski definition) is 0. The zero-order valence-corrected chi connectivity index (χ0v) is 11.4. The lowest BCUT2D eigenvalue weighted by Crippen LogP contribution is -2.08. The van der Waals surface area contributed by atoms with Gasteiger partial charge in [-0.1, -0.05) is 13.8 Å². The molecular formula is C12H13BrF2N2. The van der Waals surface area contributed by atoms with E-state index in [0.717, 1.165) is 12.6 Å². The van der Waals surface area contributed by atoms with Crippen LogP contribution in [0.4, 0.5) is 8.78 Å². The van der Waals surface area contributed by atoms with Crippen molar-refractivity contribution in [1.82, 2.24) is 9.38 Å². The van der Waals surface area contributed by atoms with E-state index in [1.54, 1.807) is 10.6 Å². The molecule has 92 valence electrons. The van der Waals surface area contributed by atoms with Crippen LogP contribution in [0.3, 0.4) is 0 Å². The Morgan fingerprint density at radius 3 is 2.53 bits per heavy atom. The van der Waals surface area contributed by atoms with Crippen LogP contribution in [0.1, 0.15) is 37.9 Å². The quantitative estimate of drug-likeness (QED) is 0.807. The van der Waals surface area contributed by atoms with Gasteiger partial charge in [0.1, 0.15) is 0 Å². The van der Waals surface area contributed by atoms with Crippen LogP contribution in [0.15, 0.2) is 22.9 Å². The fraction of sp³-hybridized carbons (Fsp3) is 0.417. The lowest BCUT2D eigenvalue weighted by atomic mass is 10.2. The number of fused-ring (bicyclic) bond motifs is 1. The summed E-state index contributed by atoms with van der Waals surface area (Å²) in [6, 6.07) is 1.42. The van der Waals surface area contributed by atoms with Crippen molar-refractivity contribution in [1.29, 1.82) is 0 Å². The third-order valence-electron chi connectivity index (χ3n) is 2.62. The third kappa shape index (κ3) is 2.34. The fourth-order valence-corrected chi connectivity index (χ4v) is 2.13. The molecule has 2 aromatic heterocycles. The summed E-state index contributed by atoms with van der Waals surface area (Å²) in [5.41, 5.74) is 1.54. The molecule has 0 aromatic carbocycles. The lowest BCUT2D eigenvalue weighted by Gasteiger charge is -2.11. The summed E-state index contributed by atoms with van der Waals surface area (Å²) in [5.74, 6) is -2.58. The molecule has 0 saturated carbocycles. The van der Waals surface area contributed by atoms with Crippen LogP contribution < -0.4 is 0 Å². The Kier molecular flexibility index (Phi) is 2.97. The summed E-state index contributed by atoms with van der Waals surface area (Å²) in [5, 5.41) is 0. The summed E-state index contributed by atoms with van der Waals surface area (Å²) in [4.78, 5) is 4.41. The van der Waals surface area contributed by atoms with E-state index in [0.29, 0.717) is 10.1 Å². The first-order chi connectivity index (χ1) is 7.79. The maximum Gasteiger partial charge on any atom is 0.271 e. The highest BCUT2D eigenvalue weighted by molar-refractivity contribution is 9.10. The predicted molar refractivity (Wildman–Crippen MR) is 66.5 cm³/mol. The first kappa shape index (κ1) is 12.5. The van der Waals surface area contributed by atoms with Crippen molar-refractivity contribution in [3.8, 4) is 0 Å². The molecule has 5 heteroatoms. The second-order valence-corrected chi connectivity index (χ2v) is 5.37. The first-order valence-electron chi connectivity index (χ1n) is 5.35. The number of hydrogen-bond acceptors (Lipinski definition) is 1. The van der Waals surface area contributed by atoms with Crippen LogP contribution in [-0.4, -0.2) is 9.38 Å². The summed E-state index contributed by atoms with van der Waals surface area (Å²) in [6.07, 6.45) is 3.22. The van der Waals surface area contributed by atoms with Crippen molar-refractivity contribution in [2.75, 3.05) is 0 Å². The van der Waals surface area contributed by atoms with Crippen LogP contribution in [0.25, 0.3) is 5.65 Å². The van der Waals surface area contributed by atoms with Gasteiger partial charge in [-0.2, -0.15) is 0 Å². The van der Waals surface area contributed by atoms with Gasteiger partial charge in [-0.05, 0) is 27.9 Å². The minimum absolute atomic E-state index is 0.0235. The molecule has 0 saturated heterocycles. The van der Waals surface area contributed by atoms with E-state index in [9.17, 15) is 8.78 Å². The van der Waals surface area contributed by atoms with Gasteiger partial charge in [-0.3, -0.25) is 0 Å². The summed E-state index contributed by atoms with van der Waals surface area (Å²) in [6.45, 7) is 4.93. The number of aromatic nitrogens is 2. The van der Waals surface area contributed by atoms with Crippen molar-refractivity contribution in [2.24, 2.45) is 0 Å². The standard InChI is InChI=1S/C12H13BrF2N2/c1-7(2)10-6-17-5-8(12(3,14)15)4-9(13)11(17)16-10/h4-7H,1-3H3.